The van der Waals surface area contributed by atoms with E-state index in [0.717, 1.165) is 41.1 Å². The van der Waals surface area contributed by atoms with Crippen molar-refractivity contribution in [2.24, 2.45) is 5.73 Å². The van der Waals surface area contributed by atoms with E-state index in [1.165, 1.54) is 34.3 Å². The number of aryl methyl sites for hydroxylation is 2. The highest BCUT2D eigenvalue weighted by atomic mass is 32.2. The molecule has 0 radical (unpaired) electrons. The topological polar surface area (TPSA) is 79.5 Å². The van der Waals surface area contributed by atoms with Crippen LogP contribution in [-0.2, 0) is 16.0 Å². The van der Waals surface area contributed by atoms with Crippen molar-refractivity contribution in [1.82, 2.24) is 9.88 Å². The summed E-state index contributed by atoms with van der Waals surface area (Å²) in [7, 11) is 0. The number of piperazine rings is 1. The Morgan fingerprint density at radius 2 is 1.96 bits per heavy atom. The molecule has 144 valence electrons. The second-order valence-electron chi connectivity index (χ2n) is 6.63. The Kier molecular flexibility index (Phi) is 6.38. The summed E-state index contributed by atoms with van der Waals surface area (Å²) in [6.07, 6.45) is 0.207. The third-order valence-electron chi connectivity index (χ3n) is 4.53. The molecule has 8 heteroatoms. The Labute approximate surface area is 167 Å². The van der Waals surface area contributed by atoms with Gasteiger partial charge in [-0.25, -0.2) is 4.98 Å². The number of carbonyl (C=O) groups is 2. The van der Waals surface area contributed by atoms with Crippen LogP contribution in [0.4, 0.5) is 5.69 Å². The van der Waals surface area contributed by atoms with Gasteiger partial charge in [0.15, 0.2) is 4.34 Å². The maximum atomic E-state index is 12.5. The Bertz CT molecular complexity index is 829. The summed E-state index contributed by atoms with van der Waals surface area (Å²) in [6, 6.07) is 8.47. The molecule has 1 aliphatic rings. The SMILES string of the molecule is Cc1cccc(N2CCN(C(=O)CSc3nc(C)c(CC(N)=O)s3)CC2)c1. The Morgan fingerprint density at radius 1 is 1.22 bits per heavy atom. The second kappa shape index (κ2) is 8.75. The van der Waals surface area contributed by atoms with Crippen molar-refractivity contribution < 1.29 is 9.59 Å². The van der Waals surface area contributed by atoms with E-state index in [1.54, 1.807) is 0 Å². The van der Waals surface area contributed by atoms with E-state index in [0.29, 0.717) is 5.75 Å². The predicted octanol–water partition coefficient (Wildman–Crippen LogP) is 2.23. The largest absolute Gasteiger partial charge is 0.369 e. The summed E-state index contributed by atoms with van der Waals surface area (Å²) in [4.78, 5) is 33.2. The number of nitrogens with zero attached hydrogens (tertiary/aromatic N) is 3. The number of carbonyl (C=O) groups excluding carboxylic acids is 2. The molecule has 2 amide bonds. The molecule has 2 heterocycles. The summed E-state index contributed by atoms with van der Waals surface area (Å²) < 4.78 is 0.815. The lowest BCUT2D eigenvalue weighted by atomic mass is 10.2. The number of thioether (sulfide) groups is 1. The van der Waals surface area contributed by atoms with Crippen molar-refractivity contribution in [3.63, 3.8) is 0 Å². The molecule has 0 unspecified atom stereocenters. The summed E-state index contributed by atoms with van der Waals surface area (Å²) in [5, 5.41) is 0. The highest BCUT2D eigenvalue weighted by Crippen LogP contribution is 2.28. The summed E-state index contributed by atoms with van der Waals surface area (Å²) in [6.45, 7) is 7.12. The standard InChI is InChI=1S/C19H24N4O2S2/c1-13-4-3-5-15(10-13)22-6-8-23(9-7-22)18(25)12-26-19-21-14(2)16(27-19)11-17(20)24/h3-5,10H,6-9,11-12H2,1-2H3,(H2,20,24). The Balaban J connectivity index is 1.49. The van der Waals surface area contributed by atoms with Gasteiger partial charge in [0, 0.05) is 36.7 Å². The second-order valence-corrected chi connectivity index (χ2v) is 8.93. The van der Waals surface area contributed by atoms with Crippen LogP contribution in [0.3, 0.4) is 0 Å². The van der Waals surface area contributed by atoms with E-state index < -0.39 is 0 Å². The van der Waals surface area contributed by atoms with Gasteiger partial charge in [0.1, 0.15) is 0 Å². The maximum absolute atomic E-state index is 12.5. The molecule has 2 aromatic rings. The van der Waals surface area contributed by atoms with E-state index in [9.17, 15) is 9.59 Å². The molecule has 0 bridgehead atoms. The monoisotopic (exact) mass is 404 g/mol. The quantitative estimate of drug-likeness (QED) is 0.747. The lowest BCUT2D eigenvalue weighted by molar-refractivity contribution is -0.128. The van der Waals surface area contributed by atoms with Gasteiger partial charge in [0.05, 0.1) is 17.9 Å². The number of benzene rings is 1. The van der Waals surface area contributed by atoms with Gasteiger partial charge >= 0.3 is 0 Å². The van der Waals surface area contributed by atoms with Crippen molar-refractivity contribution in [3.8, 4) is 0 Å². The predicted molar refractivity (Wildman–Crippen MR) is 110 cm³/mol. The fourth-order valence-electron chi connectivity index (χ4n) is 3.04. The lowest BCUT2D eigenvalue weighted by Crippen LogP contribution is -2.49. The first-order valence-electron chi connectivity index (χ1n) is 8.89. The molecule has 1 saturated heterocycles. The number of nitrogens with two attached hydrogens (primary N) is 1. The van der Waals surface area contributed by atoms with Crippen LogP contribution < -0.4 is 10.6 Å². The van der Waals surface area contributed by atoms with Gasteiger partial charge in [-0.2, -0.15) is 0 Å². The zero-order chi connectivity index (χ0) is 19.4. The van der Waals surface area contributed by atoms with E-state index in [4.69, 9.17) is 5.73 Å². The van der Waals surface area contributed by atoms with Crippen LogP contribution in [-0.4, -0.2) is 53.6 Å². The van der Waals surface area contributed by atoms with Gasteiger partial charge < -0.3 is 15.5 Å². The molecule has 0 saturated carbocycles. The summed E-state index contributed by atoms with van der Waals surface area (Å²) in [5.74, 6) is 0.141. The lowest BCUT2D eigenvalue weighted by Gasteiger charge is -2.36. The number of aromatic nitrogens is 1. The first-order valence-corrected chi connectivity index (χ1v) is 10.7. The molecule has 3 rings (SSSR count). The van der Waals surface area contributed by atoms with Gasteiger partial charge in [0.25, 0.3) is 0 Å². The fourth-order valence-corrected chi connectivity index (χ4v) is 5.19. The van der Waals surface area contributed by atoms with Crippen LogP contribution in [0.5, 0.6) is 0 Å². The molecule has 0 aliphatic carbocycles. The Hall–Kier alpha value is -2.06. The van der Waals surface area contributed by atoms with Crippen molar-refractivity contribution in [2.75, 3.05) is 36.8 Å². The van der Waals surface area contributed by atoms with Crippen molar-refractivity contribution >= 4 is 40.6 Å². The van der Waals surface area contributed by atoms with E-state index >= 15 is 0 Å². The number of amides is 2. The summed E-state index contributed by atoms with van der Waals surface area (Å²) in [5.41, 5.74) is 8.54. The van der Waals surface area contributed by atoms with E-state index in [2.05, 4.69) is 41.1 Å². The van der Waals surface area contributed by atoms with Crippen molar-refractivity contribution in [3.05, 3.63) is 40.4 Å². The molecule has 1 aromatic heterocycles. The van der Waals surface area contributed by atoms with E-state index in [1.807, 2.05) is 11.8 Å². The van der Waals surface area contributed by atoms with Gasteiger partial charge in [-0.05, 0) is 31.5 Å². The highest BCUT2D eigenvalue weighted by Gasteiger charge is 2.22. The Morgan fingerprint density at radius 3 is 2.63 bits per heavy atom. The number of hydrogen-bond acceptors (Lipinski definition) is 6. The third kappa shape index (κ3) is 5.23. The minimum absolute atomic E-state index is 0.133. The average molecular weight is 405 g/mol. The van der Waals surface area contributed by atoms with Gasteiger partial charge in [-0.15, -0.1) is 11.3 Å². The van der Waals surface area contributed by atoms with Crippen molar-refractivity contribution in [1.29, 1.82) is 0 Å². The number of primary amides is 1. The van der Waals surface area contributed by atoms with Gasteiger partial charge in [-0.3, -0.25) is 9.59 Å². The van der Waals surface area contributed by atoms with Crippen LogP contribution >= 0.6 is 23.1 Å². The molecule has 6 nitrogen and oxygen atoms in total. The van der Waals surface area contributed by atoms with Crippen molar-refractivity contribution in [2.45, 2.75) is 24.6 Å². The number of anilines is 1. The third-order valence-corrected chi connectivity index (χ3v) is 6.81. The molecule has 1 fully saturated rings. The smallest absolute Gasteiger partial charge is 0.233 e. The first kappa shape index (κ1) is 19.7. The number of thiazole rings is 1. The van der Waals surface area contributed by atoms with Crippen LogP contribution in [0.2, 0.25) is 0 Å². The molecule has 1 aromatic carbocycles. The zero-order valence-electron chi connectivity index (χ0n) is 15.6. The van der Waals surface area contributed by atoms with Crippen LogP contribution in [0, 0.1) is 13.8 Å². The zero-order valence-corrected chi connectivity index (χ0v) is 17.2. The van der Waals surface area contributed by atoms with Gasteiger partial charge in [0.2, 0.25) is 11.8 Å². The minimum atomic E-state index is -0.360. The molecule has 27 heavy (non-hydrogen) atoms. The first-order chi connectivity index (χ1) is 12.9. The molecule has 0 spiro atoms. The minimum Gasteiger partial charge on any atom is -0.369 e. The molecule has 2 N–H and O–H groups in total. The molecular weight excluding hydrogens is 380 g/mol. The number of hydrogen-bond donors (Lipinski definition) is 1. The molecule has 0 atom stereocenters. The number of rotatable bonds is 6. The van der Waals surface area contributed by atoms with Crippen LogP contribution in [0.25, 0.3) is 0 Å². The fraction of sp³-hybridized carbons (Fsp3) is 0.421. The summed E-state index contributed by atoms with van der Waals surface area (Å²) >= 11 is 2.88. The maximum Gasteiger partial charge on any atom is 0.233 e. The molecular formula is C19H24N4O2S2. The molecule has 1 aliphatic heterocycles. The van der Waals surface area contributed by atoms with E-state index in [-0.39, 0.29) is 18.2 Å². The average Bonchev–Trinajstić information content (AvgIpc) is 2.99. The highest BCUT2D eigenvalue weighted by molar-refractivity contribution is 8.01. The van der Waals surface area contributed by atoms with Crippen LogP contribution in [0.1, 0.15) is 16.1 Å². The normalized spacial score (nSPS) is 14.4. The van der Waals surface area contributed by atoms with Gasteiger partial charge in [-0.1, -0.05) is 23.9 Å². The van der Waals surface area contributed by atoms with Crippen LogP contribution in [0.15, 0.2) is 28.6 Å².